The molecule has 1 unspecified atom stereocenters. The highest BCUT2D eigenvalue weighted by atomic mass is 32.2. The first-order chi connectivity index (χ1) is 11.0. The average Bonchev–Trinajstić information content (AvgIpc) is 3.12. The third-order valence-corrected chi connectivity index (χ3v) is 4.61. The Morgan fingerprint density at radius 2 is 2.22 bits per heavy atom. The molecular formula is C16H23N3O3S. The van der Waals surface area contributed by atoms with Crippen LogP contribution in [-0.4, -0.2) is 42.4 Å². The number of likely N-dealkylation sites (N-methyl/N-ethyl adjacent to an activating group) is 1. The van der Waals surface area contributed by atoms with E-state index in [1.54, 1.807) is 18.0 Å². The molecule has 23 heavy (non-hydrogen) atoms. The van der Waals surface area contributed by atoms with Crippen LogP contribution < -0.4 is 5.32 Å². The minimum atomic E-state index is 0.0140. The lowest BCUT2D eigenvalue weighted by Gasteiger charge is -2.22. The molecule has 6 nitrogen and oxygen atoms in total. The van der Waals surface area contributed by atoms with Gasteiger partial charge in [-0.05, 0) is 40.1 Å². The molecule has 1 atom stereocenters. The van der Waals surface area contributed by atoms with E-state index in [4.69, 9.17) is 8.94 Å². The third-order valence-electron chi connectivity index (χ3n) is 3.65. The topological polar surface area (TPSA) is 71.5 Å². The third kappa shape index (κ3) is 4.87. The van der Waals surface area contributed by atoms with Crippen LogP contribution in [0.3, 0.4) is 0 Å². The number of aromatic nitrogens is 1. The lowest BCUT2D eigenvalue weighted by atomic mass is 10.2. The highest BCUT2D eigenvalue weighted by molar-refractivity contribution is 7.99. The highest BCUT2D eigenvalue weighted by Gasteiger charge is 2.18. The fourth-order valence-corrected chi connectivity index (χ4v) is 3.24. The Labute approximate surface area is 140 Å². The predicted molar refractivity (Wildman–Crippen MR) is 90.3 cm³/mol. The van der Waals surface area contributed by atoms with Crippen LogP contribution in [-0.2, 0) is 10.5 Å². The van der Waals surface area contributed by atoms with E-state index >= 15 is 0 Å². The molecule has 2 aromatic heterocycles. The number of aryl methyl sites for hydroxylation is 2. The first kappa shape index (κ1) is 17.6. The first-order valence-corrected chi connectivity index (χ1v) is 8.60. The Kier molecular flexibility index (Phi) is 6.29. The van der Waals surface area contributed by atoms with Crippen LogP contribution in [0.5, 0.6) is 0 Å². The summed E-state index contributed by atoms with van der Waals surface area (Å²) in [6, 6.07) is 3.80. The molecule has 2 rings (SSSR count). The largest absolute Gasteiger partial charge is 0.468 e. The van der Waals surface area contributed by atoms with Crippen molar-refractivity contribution in [3.05, 3.63) is 41.2 Å². The van der Waals surface area contributed by atoms with Gasteiger partial charge >= 0.3 is 0 Å². The molecule has 0 saturated heterocycles. The molecule has 0 saturated carbocycles. The molecule has 0 aliphatic rings. The van der Waals surface area contributed by atoms with Crippen LogP contribution in [0.25, 0.3) is 0 Å². The number of nitrogens with zero attached hydrogens (tertiary/aromatic N) is 2. The molecule has 0 radical (unpaired) electrons. The zero-order chi connectivity index (χ0) is 16.8. The molecule has 1 N–H and O–H groups in total. The second-order valence-corrected chi connectivity index (χ2v) is 6.58. The molecule has 0 aliphatic carbocycles. The molecule has 1 amide bonds. The van der Waals surface area contributed by atoms with Gasteiger partial charge in [-0.25, -0.2) is 0 Å². The predicted octanol–water partition coefficient (Wildman–Crippen LogP) is 2.54. The molecule has 126 valence electrons. The van der Waals surface area contributed by atoms with Gasteiger partial charge in [0.2, 0.25) is 5.91 Å². The summed E-state index contributed by atoms with van der Waals surface area (Å²) < 4.78 is 10.5. The fraction of sp³-hybridized carbons (Fsp3) is 0.500. The van der Waals surface area contributed by atoms with Crippen molar-refractivity contribution in [2.75, 3.05) is 26.4 Å². The van der Waals surface area contributed by atoms with E-state index in [9.17, 15) is 4.79 Å². The van der Waals surface area contributed by atoms with Crippen molar-refractivity contribution in [3.63, 3.8) is 0 Å². The van der Waals surface area contributed by atoms with Gasteiger partial charge in [0.1, 0.15) is 11.5 Å². The van der Waals surface area contributed by atoms with Crippen molar-refractivity contribution in [3.8, 4) is 0 Å². The molecule has 0 fully saturated rings. The maximum absolute atomic E-state index is 12.0. The monoisotopic (exact) mass is 337 g/mol. The van der Waals surface area contributed by atoms with E-state index < -0.39 is 0 Å². The Bertz CT molecular complexity index is 603. The minimum Gasteiger partial charge on any atom is -0.468 e. The molecule has 0 bridgehead atoms. The Morgan fingerprint density at radius 3 is 2.78 bits per heavy atom. The van der Waals surface area contributed by atoms with Crippen molar-refractivity contribution >= 4 is 17.7 Å². The van der Waals surface area contributed by atoms with Crippen LogP contribution in [0.1, 0.15) is 28.8 Å². The highest BCUT2D eigenvalue weighted by Crippen LogP contribution is 2.20. The number of amides is 1. The molecule has 0 aromatic carbocycles. The summed E-state index contributed by atoms with van der Waals surface area (Å²) in [6.07, 6.45) is 1.65. The fourth-order valence-electron chi connectivity index (χ4n) is 2.23. The van der Waals surface area contributed by atoms with Crippen molar-refractivity contribution in [1.29, 1.82) is 0 Å². The van der Waals surface area contributed by atoms with Gasteiger partial charge in [0, 0.05) is 17.9 Å². The molecule has 2 aromatic rings. The number of carbonyl (C=O) groups excluding carboxylic acids is 1. The SMILES string of the molecule is Cc1noc(C)c1CSCC(=O)NCC(c1ccco1)N(C)C. The number of nitrogens with one attached hydrogen (secondary N) is 1. The zero-order valence-corrected chi connectivity index (χ0v) is 14.8. The lowest BCUT2D eigenvalue weighted by Crippen LogP contribution is -2.35. The molecule has 2 heterocycles. The first-order valence-electron chi connectivity index (χ1n) is 7.45. The zero-order valence-electron chi connectivity index (χ0n) is 14.0. The van der Waals surface area contributed by atoms with Crippen LogP contribution in [0.2, 0.25) is 0 Å². The maximum Gasteiger partial charge on any atom is 0.230 e. The standard InChI is InChI=1S/C16H23N3O3S/c1-11-13(12(2)22-18-11)9-23-10-16(20)17-8-14(19(3)4)15-6-5-7-21-15/h5-7,14H,8-10H2,1-4H3,(H,17,20). The molecular weight excluding hydrogens is 314 g/mol. The summed E-state index contributed by atoms with van der Waals surface area (Å²) in [4.78, 5) is 14.0. The van der Waals surface area contributed by atoms with Crippen molar-refractivity contribution in [2.24, 2.45) is 0 Å². The van der Waals surface area contributed by atoms with Gasteiger partial charge in [0.15, 0.2) is 0 Å². The smallest absolute Gasteiger partial charge is 0.230 e. The number of hydrogen-bond acceptors (Lipinski definition) is 6. The number of furan rings is 1. The summed E-state index contributed by atoms with van der Waals surface area (Å²) in [5.41, 5.74) is 1.96. The average molecular weight is 337 g/mol. The number of rotatable bonds is 8. The van der Waals surface area contributed by atoms with Gasteiger partial charge < -0.3 is 14.3 Å². The number of hydrogen-bond donors (Lipinski definition) is 1. The second-order valence-electron chi connectivity index (χ2n) is 5.59. The quantitative estimate of drug-likeness (QED) is 0.798. The van der Waals surface area contributed by atoms with Crippen molar-refractivity contribution in [1.82, 2.24) is 15.4 Å². The summed E-state index contributed by atoms with van der Waals surface area (Å²) in [6.45, 7) is 4.32. The summed E-state index contributed by atoms with van der Waals surface area (Å²) in [7, 11) is 3.93. The van der Waals surface area contributed by atoms with Gasteiger partial charge in [0.05, 0.1) is 23.8 Å². The van der Waals surface area contributed by atoms with E-state index in [-0.39, 0.29) is 11.9 Å². The Balaban J connectivity index is 1.76. The Hall–Kier alpha value is -1.73. The van der Waals surface area contributed by atoms with E-state index in [0.29, 0.717) is 12.3 Å². The van der Waals surface area contributed by atoms with Crippen LogP contribution in [0.4, 0.5) is 0 Å². The summed E-state index contributed by atoms with van der Waals surface area (Å²) >= 11 is 1.56. The van der Waals surface area contributed by atoms with Gasteiger partial charge in [0.25, 0.3) is 0 Å². The van der Waals surface area contributed by atoms with Crippen LogP contribution in [0, 0.1) is 13.8 Å². The van der Waals surface area contributed by atoms with Gasteiger partial charge in [-0.15, -0.1) is 11.8 Å². The van der Waals surface area contributed by atoms with E-state index in [1.165, 1.54) is 0 Å². The van der Waals surface area contributed by atoms with E-state index in [2.05, 4.69) is 10.5 Å². The van der Waals surface area contributed by atoms with Crippen molar-refractivity contribution < 1.29 is 13.7 Å². The molecule has 0 aliphatic heterocycles. The van der Waals surface area contributed by atoms with Gasteiger partial charge in [-0.3, -0.25) is 9.69 Å². The summed E-state index contributed by atoms with van der Waals surface area (Å²) in [5.74, 6) is 2.81. The maximum atomic E-state index is 12.0. The van der Waals surface area contributed by atoms with Crippen LogP contribution >= 0.6 is 11.8 Å². The van der Waals surface area contributed by atoms with Crippen LogP contribution in [0.15, 0.2) is 27.3 Å². The molecule has 0 spiro atoms. The normalized spacial score (nSPS) is 12.6. The Morgan fingerprint density at radius 1 is 1.43 bits per heavy atom. The number of carbonyl (C=O) groups is 1. The lowest BCUT2D eigenvalue weighted by molar-refractivity contribution is -0.118. The van der Waals surface area contributed by atoms with Gasteiger partial charge in [-0.2, -0.15) is 0 Å². The summed E-state index contributed by atoms with van der Waals surface area (Å²) in [5, 5.41) is 6.88. The van der Waals surface area contributed by atoms with E-state index in [1.807, 2.05) is 45.0 Å². The molecule has 7 heteroatoms. The second kappa shape index (κ2) is 8.21. The number of thioether (sulfide) groups is 1. The minimum absolute atomic E-state index is 0.0140. The van der Waals surface area contributed by atoms with Gasteiger partial charge in [-0.1, -0.05) is 5.16 Å². The van der Waals surface area contributed by atoms with E-state index in [0.717, 1.165) is 28.5 Å². The van der Waals surface area contributed by atoms with Crippen molar-refractivity contribution in [2.45, 2.75) is 25.6 Å².